The van der Waals surface area contributed by atoms with Crippen LogP contribution in [0.4, 0.5) is 22.0 Å². The van der Waals surface area contributed by atoms with E-state index in [1.54, 1.807) is 18.2 Å². The van der Waals surface area contributed by atoms with Gasteiger partial charge in [0, 0.05) is 17.3 Å². The molecule has 216 valence electrons. The van der Waals surface area contributed by atoms with Crippen molar-refractivity contribution in [2.45, 2.75) is 25.2 Å². The van der Waals surface area contributed by atoms with Gasteiger partial charge in [-0.1, -0.05) is 43.5 Å². The van der Waals surface area contributed by atoms with Crippen molar-refractivity contribution in [1.82, 2.24) is 20.1 Å². The van der Waals surface area contributed by atoms with Gasteiger partial charge in [-0.25, -0.2) is 8.78 Å². The number of nitrogens with one attached hydrogen (secondary N) is 1. The lowest BCUT2D eigenvalue weighted by Gasteiger charge is -2.22. The number of aromatic nitrogens is 3. The van der Waals surface area contributed by atoms with E-state index in [0.29, 0.717) is 16.7 Å². The number of hydrogen-bond donors (Lipinski definition) is 2. The Morgan fingerprint density at radius 3 is 2.45 bits per heavy atom. The standard InChI is InChI=1S/C30H24F5N5O2/c1-3-20-25(4-2)40(39-28(20)30(33,34)35)16-26(41)38-24(14-17-7-5-8-19(31)13-17)27-21(9-6-12-37-27)18-10-11-23(32)22(15-18)29(36)42/h3-13,15,24H,1-2,14,16H2,(H2,36,42)(H,38,41)/t24-/m0/s1. The summed E-state index contributed by atoms with van der Waals surface area (Å²) in [6.07, 6.45) is -1.21. The maximum atomic E-state index is 14.2. The number of rotatable bonds is 10. The zero-order chi connectivity index (χ0) is 30.6. The van der Waals surface area contributed by atoms with Gasteiger partial charge in [-0.3, -0.25) is 19.3 Å². The predicted molar refractivity (Wildman–Crippen MR) is 147 cm³/mol. The Morgan fingerprint density at radius 1 is 1.05 bits per heavy atom. The van der Waals surface area contributed by atoms with Crippen molar-refractivity contribution in [3.8, 4) is 11.1 Å². The number of nitrogens with two attached hydrogens (primary N) is 1. The van der Waals surface area contributed by atoms with Gasteiger partial charge in [0.25, 0.3) is 5.91 Å². The SMILES string of the molecule is C=Cc1c(C(F)(F)F)nn(CC(=O)N[C@@H](Cc2cccc(F)c2)c2ncccc2-c2ccc(F)c(C(N)=O)c2)c1C=C. The summed E-state index contributed by atoms with van der Waals surface area (Å²) in [5.41, 5.74) is 4.86. The van der Waals surface area contributed by atoms with Gasteiger partial charge in [0.1, 0.15) is 18.2 Å². The van der Waals surface area contributed by atoms with Crippen LogP contribution in [-0.2, 0) is 23.9 Å². The van der Waals surface area contributed by atoms with E-state index in [1.807, 2.05) is 0 Å². The minimum absolute atomic E-state index is 0.0243. The third-order valence-electron chi connectivity index (χ3n) is 6.36. The van der Waals surface area contributed by atoms with Crippen molar-refractivity contribution in [2.75, 3.05) is 0 Å². The Hall–Kier alpha value is -5.13. The number of amides is 2. The summed E-state index contributed by atoms with van der Waals surface area (Å²) in [4.78, 5) is 29.5. The Balaban J connectivity index is 1.75. The molecule has 2 amide bonds. The summed E-state index contributed by atoms with van der Waals surface area (Å²) in [6.45, 7) is 6.33. The van der Waals surface area contributed by atoms with Crippen LogP contribution in [0.2, 0.25) is 0 Å². The van der Waals surface area contributed by atoms with Crippen LogP contribution in [0.25, 0.3) is 23.3 Å². The molecule has 4 rings (SSSR count). The Morgan fingerprint density at radius 2 is 1.81 bits per heavy atom. The van der Waals surface area contributed by atoms with E-state index < -0.39 is 47.9 Å². The van der Waals surface area contributed by atoms with Crippen molar-refractivity contribution in [3.63, 3.8) is 0 Å². The second-order valence-corrected chi connectivity index (χ2v) is 9.16. The van der Waals surface area contributed by atoms with Gasteiger partial charge in [0.05, 0.1) is 23.0 Å². The van der Waals surface area contributed by atoms with Gasteiger partial charge in [-0.05, 0) is 54.0 Å². The average molecular weight is 582 g/mol. The van der Waals surface area contributed by atoms with Gasteiger partial charge in [0.2, 0.25) is 5.91 Å². The molecular formula is C30H24F5N5O2. The van der Waals surface area contributed by atoms with E-state index in [0.717, 1.165) is 22.9 Å². The maximum absolute atomic E-state index is 14.2. The second kappa shape index (κ2) is 12.2. The molecule has 4 aromatic rings. The highest BCUT2D eigenvalue weighted by Gasteiger charge is 2.38. The monoisotopic (exact) mass is 581 g/mol. The fourth-order valence-corrected chi connectivity index (χ4v) is 4.55. The first-order chi connectivity index (χ1) is 19.9. The molecule has 12 heteroatoms. The molecule has 0 aliphatic rings. The molecule has 2 aromatic heterocycles. The Bertz CT molecular complexity index is 1680. The van der Waals surface area contributed by atoms with Crippen LogP contribution in [0.3, 0.4) is 0 Å². The molecule has 7 nitrogen and oxygen atoms in total. The van der Waals surface area contributed by atoms with Crippen molar-refractivity contribution in [3.05, 3.63) is 119 Å². The van der Waals surface area contributed by atoms with Crippen LogP contribution in [0, 0.1) is 11.6 Å². The summed E-state index contributed by atoms with van der Waals surface area (Å²) >= 11 is 0. The van der Waals surface area contributed by atoms with Crippen LogP contribution in [-0.4, -0.2) is 26.6 Å². The first-order valence-electron chi connectivity index (χ1n) is 12.4. The summed E-state index contributed by atoms with van der Waals surface area (Å²) in [7, 11) is 0. The molecular weight excluding hydrogens is 557 g/mol. The maximum Gasteiger partial charge on any atom is 0.435 e. The Labute approximate surface area is 237 Å². The Kier molecular flexibility index (Phi) is 8.65. The van der Waals surface area contributed by atoms with Gasteiger partial charge in [-0.2, -0.15) is 18.3 Å². The molecule has 2 heterocycles. The molecule has 0 radical (unpaired) electrons. The average Bonchev–Trinajstić information content (AvgIpc) is 3.30. The highest BCUT2D eigenvalue weighted by molar-refractivity contribution is 5.94. The molecule has 0 aliphatic carbocycles. The number of alkyl halides is 3. The fourth-order valence-electron chi connectivity index (χ4n) is 4.55. The summed E-state index contributed by atoms with van der Waals surface area (Å²) in [6, 6.07) is 11.6. The first kappa shape index (κ1) is 29.8. The van der Waals surface area contributed by atoms with Gasteiger partial charge in [0.15, 0.2) is 5.69 Å². The number of primary amides is 1. The second-order valence-electron chi connectivity index (χ2n) is 9.16. The summed E-state index contributed by atoms with van der Waals surface area (Å²) in [5.74, 6) is -3.07. The predicted octanol–water partition coefficient (Wildman–Crippen LogP) is 5.73. The first-order valence-corrected chi connectivity index (χ1v) is 12.4. The highest BCUT2D eigenvalue weighted by atomic mass is 19.4. The zero-order valence-electron chi connectivity index (χ0n) is 22.0. The number of nitrogens with zero attached hydrogens (tertiary/aromatic N) is 3. The number of hydrogen-bond acceptors (Lipinski definition) is 4. The van der Waals surface area contributed by atoms with Gasteiger partial charge < -0.3 is 11.1 Å². The van der Waals surface area contributed by atoms with Crippen LogP contribution in [0.1, 0.15) is 44.6 Å². The van der Waals surface area contributed by atoms with Gasteiger partial charge >= 0.3 is 6.18 Å². The molecule has 0 saturated carbocycles. The lowest BCUT2D eigenvalue weighted by atomic mass is 9.94. The molecule has 0 unspecified atom stereocenters. The largest absolute Gasteiger partial charge is 0.435 e. The molecule has 0 bridgehead atoms. The number of benzene rings is 2. The molecule has 0 spiro atoms. The van der Waals surface area contributed by atoms with Crippen molar-refractivity contribution in [2.24, 2.45) is 5.73 Å². The van der Waals surface area contributed by atoms with E-state index in [1.165, 1.54) is 36.5 Å². The molecule has 0 aliphatic heterocycles. The third-order valence-corrected chi connectivity index (χ3v) is 6.36. The fraction of sp³-hybridized carbons (Fsp3) is 0.133. The van der Waals surface area contributed by atoms with Crippen LogP contribution in [0.5, 0.6) is 0 Å². The van der Waals surface area contributed by atoms with E-state index in [9.17, 15) is 31.5 Å². The zero-order valence-corrected chi connectivity index (χ0v) is 22.0. The van der Waals surface area contributed by atoms with Crippen molar-refractivity contribution >= 4 is 24.0 Å². The molecule has 0 saturated heterocycles. The highest BCUT2D eigenvalue weighted by Crippen LogP contribution is 2.34. The molecule has 3 N–H and O–H groups in total. The van der Waals surface area contributed by atoms with E-state index in [2.05, 4.69) is 28.6 Å². The number of carbonyl (C=O) groups excluding carboxylic acids is 2. The number of halogens is 5. The molecule has 0 fully saturated rings. The van der Waals surface area contributed by atoms with E-state index in [4.69, 9.17) is 5.73 Å². The van der Waals surface area contributed by atoms with Crippen LogP contribution >= 0.6 is 0 Å². The normalized spacial score (nSPS) is 12.0. The van der Waals surface area contributed by atoms with Crippen molar-refractivity contribution < 1.29 is 31.5 Å². The van der Waals surface area contributed by atoms with Crippen molar-refractivity contribution in [1.29, 1.82) is 0 Å². The van der Waals surface area contributed by atoms with Crippen LogP contribution < -0.4 is 11.1 Å². The summed E-state index contributed by atoms with van der Waals surface area (Å²) in [5, 5.41) is 6.34. The minimum atomic E-state index is -4.80. The minimum Gasteiger partial charge on any atom is -0.366 e. The van der Waals surface area contributed by atoms with E-state index in [-0.39, 0.29) is 28.9 Å². The van der Waals surface area contributed by atoms with Gasteiger partial charge in [-0.15, -0.1) is 0 Å². The van der Waals surface area contributed by atoms with Crippen LogP contribution in [0.15, 0.2) is 74.0 Å². The topological polar surface area (TPSA) is 103 Å². The lowest BCUT2D eigenvalue weighted by molar-refractivity contribution is -0.142. The molecule has 1 atom stereocenters. The number of carbonyl (C=O) groups is 2. The third kappa shape index (κ3) is 6.43. The smallest absolute Gasteiger partial charge is 0.366 e. The summed E-state index contributed by atoms with van der Waals surface area (Å²) < 4.78 is 69.8. The van der Waals surface area contributed by atoms with E-state index >= 15 is 0 Å². The number of pyridine rings is 1. The lowest BCUT2D eigenvalue weighted by Crippen LogP contribution is -2.34. The molecule has 42 heavy (non-hydrogen) atoms. The molecule has 2 aromatic carbocycles. The quantitative estimate of drug-likeness (QED) is 0.234.